The summed E-state index contributed by atoms with van der Waals surface area (Å²) in [5.74, 6) is 0.203. The van der Waals surface area contributed by atoms with Gasteiger partial charge < -0.3 is 9.15 Å². The Kier molecular flexibility index (Phi) is 3.08. The van der Waals surface area contributed by atoms with Crippen molar-refractivity contribution in [2.24, 2.45) is 0 Å². The highest BCUT2D eigenvalue weighted by Gasteiger charge is 2.15. The van der Waals surface area contributed by atoms with Gasteiger partial charge in [-0.1, -0.05) is 36.4 Å². The fourth-order valence-corrected chi connectivity index (χ4v) is 2.74. The molecule has 0 saturated carbocycles. The van der Waals surface area contributed by atoms with Crippen LogP contribution in [0.3, 0.4) is 0 Å². The molecule has 0 aliphatic heterocycles. The van der Waals surface area contributed by atoms with Gasteiger partial charge in [0.05, 0.1) is 12.7 Å². The van der Waals surface area contributed by atoms with Gasteiger partial charge in [0.1, 0.15) is 5.52 Å². The zero-order valence-corrected chi connectivity index (χ0v) is 12.4. The van der Waals surface area contributed by atoms with E-state index in [-0.39, 0.29) is 5.97 Å². The molecule has 23 heavy (non-hydrogen) atoms. The smallest absolute Gasteiger partial charge is 0.338 e. The van der Waals surface area contributed by atoms with E-state index >= 15 is 0 Å². The predicted octanol–water partition coefficient (Wildman–Crippen LogP) is 4.43. The molecular formula is C19H13NO3. The molecule has 0 spiro atoms. The molecule has 0 aliphatic rings. The second-order valence-electron chi connectivity index (χ2n) is 5.19. The van der Waals surface area contributed by atoms with Crippen LogP contribution in [0.4, 0.5) is 0 Å². The first-order chi connectivity index (χ1) is 11.3. The summed E-state index contributed by atoms with van der Waals surface area (Å²) in [7, 11) is 1.38. The molecule has 4 heteroatoms. The third-order valence-corrected chi connectivity index (χ3v) is 3.84. The van der Waals surface area contributed by atoms with E-state index < -0.39 is 0 Å². The SMILES string of the molecule is COC(=O)c1cccc2c1ccc1nc(-c3ccccc3)oc12. The van der Waals surface area contributed by atoms with Crippen LogP contribution in [0.25, 0.3) is 33.3 Å². The summed E-state index contributed by atoms with van der Waals surface area (Å²) >= 11 is 0. The third kappa shape index (κ3) is 2.16. The molecule has 0 atom stereocenters. The first-order valence-corrected chi connectivity index (χ1v) is 7.24. The number of rotatable bonds is 2. The van der Waals surface area contributed by atoms with Gasteiger partial charge in [-0.15, -0.1) is 0 Å². The first kappa shape index (κ1) is 13.5. The Morgan fingerprint density at radius 2 is 1.78 bits per heavy atom. The Hall–Kier alpha value is -3.14. The minimum atomic E-state index is -0.363. The van der Waals surface area contributed by atoms with Crippen molar-refractivity contribution in [3.8, 4) is 11.5 Å². The van der Waals surface area contributed by atoms with Crippen molar-refractivity contribution < 1.29 is 13.9 Å². The lowest BCUT2D eigenvalue weighted by atomic mass is 10.0. The van der Waals surface area contributed by atoms with Crippen LogP contribution in [-0.4, -0.2) is 18.1 Å². The number of hydrogen-bond acceptors (Lipinski definition) is 4. The van der Waals surface area contributed by atoms with Crippen LogP contribution in [0.1, 0.15) is 10.4 Å². The lowest BCUT2D eigenvalue weighted by Crippen LogP contribution is -2.01. The number of benzene rings is 3. The number of carbonyl (C=O) groups excluding carboxylic acids is 1. The standard InChI is InChI=1S/C19H13NO3/c1-22-19(21)15-9-5-8-14-13(15)10-11-16-17(14)23-18(20-16)12-6-3-2-4-7-12/h2-11H,1H3. The van der Waals surface area contributed by atoms with Crippen molar-refractivity contribution in [3.63, 3.8) is 0 Å². The molecule has 0 aliphatic carbocycles. The van der Waals surface area contributed by atoms with Crippen molar-refractivity contribution >= 4 is 27.8 Å². The fourth-order valence-electron chi connectivity index (χ4n) is 2.74. The molecule has 3 aromatic carbocycles. The van der Waals surface area contributed by atoms with Gasteiger partial charge in [0.25, 0.3) is 0 Å². The summed E-state index contributed by atoms with van der Waals surface area (Å²) < 4.78 is 10.8. The summed E-state index contributed by atoms with van der Waals surface area (Å²) in [5, 5.41) is 1.64. The van der Waals surface area contributed by atoms with Crippen molar-refractivity contribution in [1.82, 2.24) is 4.98 Å². The monoisotopic (exact) mass is 303 g/mol. The fraction of sp³-hybridized carbons (Fsp3) is 0.0526. The number of ether oxygens (including phenoxy) is 1. The largest absolute Gasteiger partial charge is 0.465 e. The van der Waals surface area contributed by atoms with E-state index in [1.807, 2.05) is 54.6 Å². The van der Waals surface area contributed by atoms with Crippen LogP contribution in [0.2, 0.25) is 0 Å². The van der Waals surface area contributed by atoms with Gasteiger partial charge in [-0.2, -0.15) is 0 Å². The van der Waals surface area contributed by atoms with Crippen LogP contribution in [0, 0.1) is 0 Å². The third-order valence-electron chi connectivity index (χ3n) is 3.84. The molecule has 0 bridgehead atoms. The summed E-state index contributed by atoms with van der Waals surface area (Å²) in [5.41, 5.74) is 2.87. The molecule has 112 valence electrons. The summed E-state index contributed by atoms with van der Waals surface area (Å²) in [6.45, 7) is 0. The quantitative estimate of drug-likeness (QED) is 0.514. The molecule has 4 aromatic rings. The van der Waals surface area contributed by atoms with Crippen LogP contribution < -0.4 is 0 Å². The number of carbonyl (C=O) groups is 1. The number of methoxy groups -OCH3 is 1. The summed E-state index contributed by atoms with van der Waals surface area (Å²) in [4.78, 5) is 16.5. The maximum Gasteiger partial charge on any atom is 0.338 e. The zero-order valence-electron chi connectivity index (χ0n) is 12.4. The Labute approximate surface area is 132 Å². The molecule has 0 amide bonds. The van der Waals surface area contributed by atoms with Crippen LogP contribution in [0.15, 0.2) is 65.1 Å². The van der Waals surface area contributed by atoms with Crippen LogP contribution in [-0.2, 0) is 4.74 Å². The Bertz CT molecular complexity index is 1020. The number of oxazole rings is 1. The lowest BCUT2D eigenvalue weighted by molar-refractivity contribution is 0.0603. The second-order valence-corrected chi connectivity index (χ2v) is 5.19. The van der Waals surface area contributed by atoms with Crippen molar-refractivity contribution in [2.75, 3.05) is 7.11 Å². The number of nitrogens with zero attached hydrogens (tertiary/aromatic N) is 1. The van der Waals surface area contributed by atoms with Gasteiger partial charge >= 0.3 is 5.97 Å². The van der Waals surface area contributed by atoms with Gasteiger partial charge in [-0.3, -0.25) is 0 Å². The number of fused-ring (bicyclic) bond motifs is 3. The topological polar surface area (TPSA) is 52.3 Å². The van der Waals surface area contributed by atoms with Crippen LogP contribution >= 0.6 is 0 Å². The number of aromatic nitrogens is 1. The Morgan fingerprint density at radius 1 is 0.957 bits per heavy atom. The molecule has 0 saturated heterocycles. The van der Waals surface area contributed by atoms with Gasteiger partial charge in [0.2, 0.25) is 5.89 Å². The first-order valence-electron chi connectivity index (χ1n) is 7.24. The van der Waals surface area contributed by atoms with E-state index in [2.05, 4.69) is 4.98 Å². The lowest BCUT2D eigenvalue weighted by Gasteiger charge is -2.04. The highest BCUT2D eigenvalue weighted by molar-refractivity contribution is 6.11. The molecule has 0 unspecified atom stereocenters. The predicted molar refractivity (Wildman–Crippen MR) is 88.3 cm³/mol. The van der Waals surface area contributed by atoms with Crippen LogP contribution in [0.5, 0.6) is 0 Å². The molecule has 0 N–H and O–H groups in total. The van der Waals surface area contributed by atoms with Gasteiger partial charge in [-0.25, -0.2) is 9.78 Å². The second kappa shape index (κ2) is 5.25. The molecule has 4 rings (SSSR count). The zero-order chi connectivity index (χ0) is 15.8. The highest BCUT2D eigenvalue weighted by Crippen LogP contribution is 2.31. The minimum absolute atomic E-state index is 0.363. The maximum atomic E-state index is 11.9. The van der Waals surface area contributed by atoms with E-state index in [4.69, 9.17) is 9.15 Å². The Morgan fingerprint density at radius 3 is 2.57 bits per heavy atom. The normalized spacial score (nSPS) is 11.0. The van der Waals surface area contributed by atoms with Crippen molar-refractivity contribution in [1.29, 1.82) is 0 Å². The van der Waals surface area contributed by atoms with Gasteiger partial charge in [0, 0.05) is 16.3 Å². The molecule has 0 radical (unpaired) electrons. The molecule has 4 nitrogen and oxygen atoms in total. The number of hydrogen-bond donors (Lipinski definition) is 0. The summed E-state index contributed by atoms with van der Waals surface area (Å²) in [6.07, 6.45) is 0. The molecule has 1 aromatic heterocycles. The van der Waals surface area contributed by atoms with E-state index in [9.17, 15) is 4.79 Å². The van der Waals surface area contributed by atoms with E-state index in [0.29, 0.717) is 17.0 Å². The molecule has 1 heterocycles. The van der Waals surface area contributed by atoms with Crippen molar-refractivity contribution in [2.45, 2.75) is 0 Å². The average molecular weight is 303 g/mol. The van der Waals surface area contributed by atoms with E-state index in [0.717, 1.165) is 21.9 Å². The van der Waals surface area contributed by atoms with Gasteiger partial charge in [0.15, 0.2) is 5.58 Å². The highest BCUT2D eigenvalue weighted by atomic mass is 16.5. The Balaban J connectivity index is 1.99. The minimum Gasteiger partial charge on any atom is -0.465 e. The van der Waals surface area contributed by atoms with Gasteiger partial charge in [-0.05, 0) is 24.3 Å². The number of esters is 1. The average Bonchev–Trinajstić information content (AvgIpc) is 3.06. The maximum absolute atomic E-state index is 11.9. The molecule has 0 fully saturated rings. The van der Waals surface area contributed by atoms with E-state index in [1.54, 1.807) is 6.07 Å². The molecular weight excluding hydrogens is 290 g/mol. The van der Waals surface area contributed by atoms with E-state index in [1.165, 1.54) is 7.11 Å². The van der Waals surface area contributed by atoms with Crippen molar-refractivity contribution in [3.05, 3.63) is 66.2 Å². The summed E-state index contributed by atoms with van der Waals surface area (Å²) in [6, 6.07) is 19.0.